The maximum atomic E-state index is 12.6. The van der Waals surface area contributed by atoms with Gasteiger partial charge in [-0.25, -0.2) is 9.69 Å². The van der Waals surface area contributed by atoms with Crippen molar-refractivity contribution >= 4 is 17.5 Å². The molecule has 0 unspecified atom stereocenters. The van der Waals surface area contributed by atoms with Gasteiger partial charge in [0, 0.05) is 6.07 Å². The first kappa shape index (κ1) is 15.9. The zero-order valence-electron chi connectivity index (χ0n) is 13.4. The number of carbonyl (C=O) groups is 1. The van der Waals surface area contributed by atoms with Crippen molar-refractivity contribution in [3.05, 3.63) is 54.6 Å². The number of amides is 1. The molecule has 0 radical (unpaired) electrons. The average Bonchev–Trinajstić information content (AvgIpc) is 2.47. The predicted octanol–water partition coefficient (Wildman–Crippen LogP) is 4.77. The second-order valence-corrected chi connectivity index (χ2v) is 5.85. The number of nitrogens with zero attached hydrogens (tertiary/aromatic N) is 1. The maximum absolute atomic E-state index is 12.6. The van der Waals surface area contributed by atoms with Gasteiger partial charge in [-0.05, 0) is 45.0 Å². The second kappa shape index (κ2) is 6.52. The Balaban J connectivity index is 2.43. The van der Waals surface area contributed by atoms with Gasteiger partial charge in [0.2, 0.25) is 0 Å². The van der Waals surface area contributed by atoms with Crippen molar-refractivity contribution < 1.29 is 14.3 Å². The first-order valence-electron chi connectivity index (χ1n) is 7.13. The van der Waals surface area contributed by atoms with E-state index < -0.39 is 11.7 Å². The van der Waals surface area contributed by atoms with Gasteiger partial charge < -0.3 is 9.47 Å². The standard InChI is InChI=1S/C18H21NO3/c1-18(2,3)22-17(20)19(14-9-6-5-7-10-14)15-11-8-12-16(13-15)21-4/h5-13H,1-4H3. The number of para-hydroxylation sites is 1. The lowest BCUT2D eigenvalue weighted by Crippen LogP contribution is -2.33. The summed E-state index contributed by atoms with van der Waals surface area (Å²) in [5.74, 6) is 0.682. The van der Waals surface area contributed by atoms with Crippen LogP contribution in [0.5, 0.6) is 5.75 Å². The lowest BCUT2D eigenvalue weighted by molar-refractivity contribution is 0.0599. The summed E-state index contributed by atoms with van der Waals surface area (Å²) in [6.45, 7) is 5.54. The van der Waals surface area contributed by atoms with Gasteiger partial charge in [0.25, 0.3) is 0 Å². The average molecular weight is 299 g/mol. The summed E-state index contributed by atoms with van der Waals surface area (Å²) in [6, 6.07) is 16.7. The van der Waals surface area contributed by atoms with E-state index in [0.717, 1.165) is 5.69 Å². The highest BCUT2D eigenvalue weighted by atomic mass is 16.6. The number of hydrogen-bond acceptors (Lipinski definition) is 3. The molecular formula is C18H21NO3. The first-order chi connectivity index (χ1) is 10.4. The van der Waals surface area contributed by atoms with Crippen molar-refractivity contribution in [1.29, 1.82) is 0 Å². The van der Waals surface area contributed by atoms with Crippen LogP contribution in [0, 0.1) is 0 Å². The minimum absolute atomic E-state index is 0.424. The smallest absolute Gasteiger partial charge is 0.419 e. The number of hydrogen-bond donors (Lipinski definition) is 0. The normalized spacial score (nSPS) is 10.9. The molecule has 0 aliphatic heterocycles. The molecular weight excluding hydrogens is 278 g/mol. The van der Waals surface area contributed by atoms with Crippen LogP contribution < -0.4 is 9.64 Å². The van der Waals surface area contributed by atoms with Crippen molar-refractivity contribution in [3.8, 4) is 5.75 Å². The number of anilines is 2. The highest BCUT2D eigenvalue weighted by molar-refractivity contribution is 5.96. The van der Waals surface area contributed by atoms with Crippen molar-refractivity contribution in [1.82, 2.24) is 0 Å². The summed E-state index contributed by atoms with van der Waals surface area (Å²) in [6.07, 6.45) is -0.424. The molecule has 0 bridgehead atoms. The molecule has 4 nitrogen and oxygen atoms in total. The number of methoxy groups -OCH3 is 1. The Morgan fingerprint density at radius 1 is 0.955 bits per heavy atom. The third kappa shape index (κ3) is 4.01. The monoisotopic (exact) mass is 299 g/mol. The Morgan fingerprint density at radius 3 is 2.18 bits per heavy atom. The number of rotatable bonds is 3. The van der Waals surface area contributed by atoms with E-state index in [1.807, 2.05) is 69.3 Å². The molecule has 0 aromatic heterocycles. The van der Waals surface area contributed by atoms with Crippen LogP contribution in [0.2, 0.25) is 0 Å². The topological polar surface area (TPSA) is 38.8 Å². The molecule has 0 saturated carbocycles. The van der Waals surface area contributed by atoms with E-state index in [0.29, 0.717) is 11.4 Å². The van der Waals surface area contributed by atoms with Gasteiger partial charge in [0.15, 0.2) is 0 Å². The lowest BCUT2D eigenvalue weighted by atomic mass is 10.2. The fourth-order valence-corrected chi connectivity index (χ4v) is 1.99. The Kier molecular flexibility index (Phi) is 4.71. The van der Waals surface area contributed by atoms with Gasteiger partial charge in [-0.15, -0.1) is 0 Å². The summed E-state index contributed by atoms with van der Waals surface area (Å²) in [5.41, 5.74) is 0.869. The van der Waals surface area contributed by atoms with E-state index in [2.05, 4.69) is 0 Å². The number of ether oxygens (including phenoxy) is 2. The summed E-state index contributed by atoms with van der Waals surface area (Å²) in [5, 5.41) is 0. The summed E-state index contributed by atoms with van der Waals surface area (Å²) in [7, 11) is 1.60. The SMILES string of the molecule is COc1cccc(N(C(=O)OC(C)(C)C)c2ccccc2)c1. The molecule has 116 valence electrons. The van der Waals surface area contributed by atoms with Gasteiger partial charge in [-0.1, -0.05) is 24.3 Å². The van der Waals surface area contributed by atoms with Crippen molar-refractivity contribution in [3.63, 3.8) is 0 Å². The summed E-state index contributed by atoms with van der Waals surface area (Å²) >= 11 is 0. The van der Waals surface area contributed by atoms with Crippen LogP contribution in [-0.2, 0) is 4.74 Å². The summed E-state index contributed by atoms with van der Waals surface area (Å²) < 4.78 is 10.8. The van der Waals surface area contributed by atoms with Gasteiger partial charge in [-0.3, -0.25) is 0 Å². The minimum atomic E-state index is -0.566. The third-order valence-electron chi connectivity index (χ3n) is 2.90. The highest BCUT2D eigenvalue weighted by Gasteiger charge is 2.25. The van der Waals surface area contributed by atoms with Crippen LogP contribution in [0.3, 0.4) is 0 Å². The van der Waals surface area contributed by atoms with E-state index >= 15 is 0 Å². The van der Waals surface area contributed by atoms with E-state index in [9.17, 15) is 4.79 Å². The Labute approximate surface area is 131 Å². The quantitative estimate of drug-likeness (QED) is 0.819. The van der Waals surface area contributed by atoms with Crippen molar-refractivity contribution in [2.24, 2.45) is 0 Å². The molecule has 0 N–H and O–H groups in total. The molecule has 0 spiro atoms. The Hall–Kier alpha value is -2.49. The molecule has 1 amide bonds. The van der Waals surface area contributed by atoms with Gasteiger partial charge >= 0.3 is 6.09 Å². The van der Waals surface area contributed by atoms with Gasteiger partial charge in [0.1, 0.15) is 11.4 Å². The molecule has 0 aliphatic rings. The van der Waals surface area contributed by atoms with Crippen LogP contribution in [0.25, 0.3) is 0 Å². The zero-order valence-corrected chi connectivity index (χ0v) is 13.4. The Morgan fingerprint density at radius 2 is 1.59 bits per heavy atom. The minimum Gasteiger partial charge on any atom is -0.497 e. The fraction of sp³-hybridized carbons (Fsp3) is 0.278. The molecule has 22 heavy (non-hydrogen) atoms. The number of benzene rings is 2. The predicted molar refractivity (Wildman–Crippen MR) is 87.8 cm³/mol. The largest absolute Gasteiger partial charge is 0.497 e. The van der Waals surface area contributed by atoms with E-state index in [1.54, 1.807) is 13.2 Å². The van der Waals surface area contributed by atoms with Crippen molar-refractivity contribution in [2.45, 2.75) is 26.4 Å². The van der Waals surface area contributed by atoms with E-state index in [4.69, 9.17) is 9.47 Å². The third-order valence-corrected chi connectivity index (χ3v) is 2.90. The summed E-state index contributed by atoms with van der Waals surface area (Å²) in [4.78, 5) is 14.2. The molecule has 0 atom stereocenters. The molecule has 2 aromatic carbocycles. The van der Waals surface area contributed by atoms with Crippen LogP contribution >= 0.6 is 0 Å². The molecule has 2 aromatic rings. The molecule has 0 heterocycles. The van der Waals surface area contributed by atoms with Crippen molar-refractivity contribution in [2.75, 3.05) is 12.0 Å². The first-order valence-corrected chi connectivity index (χ1v) is 7.13. The maximum Gasteiger partial charge on any atom is 0.419 e. The Bertz CT molecular complexity index is 632. The lowest BCUT2D eigenvalue weighted by Gasteiger charge is -2.27. The molecule has 4 heteroatoms. The van der Waals surface area contributed by atoms with Gasteiger partial charge in [0.05, 0.1) is 18.5 Å². The number of carbonyl (C=O) groups excluding carboxylic acids is 1. The zero-order chi connectivity index (χ0) is 16.2. The van der Waals surface area contributed by atoms with E-state index in [1.165, 1.54) is 4.90 Å². The van der Waals surface area contributed by atoms with E-state index in [-0.39, 0.29) is 0 Å². The second-order valence-electron chi connectivity index (χ2n) is 5.85. The van der Waals surface area contributed by atoms with Crippen LogP contribution in [0.15, 0.2) is 54.6 Å². The van der Waals surface area contributed by atoms with Gasteiger partial charge in [-0.2, -0.15) is 0 Å². The molecule has 2 rings (SSSR count). The fourth-order valence-electron chi connectivity index (χ4n) is 1.99. The molecule has 0 fully saturated rings. The van der Waals surface area contributed by atoms with Crippen LogP contribution in [-0.4, -0.2) is 18.8 Å². The van der Waals surface area contributed by atoms with Crippen LogP contribution in [0.1, 0.15) is 20.8 Å². The van der Waals surface area contributed by atoms with Crippen LogP contribution in [0.4, 0.5) is 16.2 Å². The molecule has 0 saturated heterocycles. The molecule has 0 aliphatic carbocycles. The highest BCUT2D eigenvalue weighted by Crippen LogP contribution is 2.30.